The van der Waals surface area contributed by atoms with Gasteiger partial charge in [0.2, 0.25) is 5.13 Å². The monoisotopic (exact) mass is 347 g/mol. The van der Waals surface area contributed by atoms with Crippen LogP contribution in [0.1, 0.15) is 37.8 Å². The summed E-state index contributed by atoms with van der Waals surface area (Å²) in [6.07, 6.45) is 1.03. The van der Waals surface area contributed by atoms with Crippen LogP contribution in [-0.2, 0) is 11.2 Å². The van der Waals surface area contributed by atoms with Gasteiger partial charge in [0.1, 0.15) is 5.82 Å². The molecule has 0 aliphatic carbocycles. The molecule has 0 bridgehead atoms. The van der Waals surface area contributed by atoms with Gasteiger partial charge in [-0.15, -0.1) is 0 Å². The number of nitrogens with zero attached hydrogens (tertiary/aromatic N) is 3. The van der Waals surface area contributed by atoms with Crippen LogP contribution in [0, 0.1) is 5.92 Å². The van der Waals surface area contributed by atoms with Gasteiger partial charge in [-0.25, -0.2) is 4.98 Å². The van der Waals surface area contributed by atoms with Gasteiger partial charge in [0, 0.05) is 30.9 Å². The summed E-state index contributed by atoms with van der Waals surface area (Å²) in [7, 11) is 0. The van der Waals surface area contributed by atoms with Gasteiger partial charge in [0.25, 0.3) is 0 Å². The predicted octanol–water partition coefficient (Wildman–Crippen LogP) is 3.07. The van der Waals surface area contributed by atoms with Crippen LogP contribution in [0.4, 0.5) is 5.13 Å². The van der Waals surface area contributed by atoms with E-state index in [1.54, 1.807) is 0 Å². The van der Waals surface area contributed by atoms with Gasteiger partial charge < -0.3 is 14.7 Å². The summed E-state index contributed by atoms with van der Waals surface area (Å²) in [6, 6.07) is 9.92. The van der Waals surface area contributed by atoms with E-state index in [2.05, 4.69) is 23.1 Å². The van der Waals surface area contributed by atoms with Gasteiger partial charge in [0.05, 0.1) is 25.4 Å². The lowest BCUT2D eigenvalue weighted by molar-refractivity contribution is 0.0680. The Hall–Kier alpha value is -1.50. The minimum atomic E-state index is -0.497. The van der Waals surface area contributed by atoms with Crippen molar-refractivity contribution in [3.8, 4) is 0 Å². The summed E-state index contributed by atoms with van der Waals surface area (Å²) in [5.41, 5.74) is 0.945. The van der Waals surface area contributed by atoms with E-state index in [1.165, 1.54) is 11.5 Å². The zero-order chi connectivity index (χ0) is 16.9. The van der Waals surface area contributed by atoms with Crippen LogP contribution >= 0.6 is 11.5 Å². The predicted molar refractivity (Wildman–Crippen MR) is 96.4 cm³/mol. The summed E-state index contributed by atoms with van der Waals surface area (Å²) < 4.78 is 10.1. The highest BCUT2D eigenvalue weighted by Crippen LogP contribution is 2.28. The maximum atomic E-state index is 10.5. The Labute approximate surface area is 147 Å². The average molecular weight is 347 g/mol. The zero-order valence-corrected chi connectivity index (χ0v) is 15.1. The molecular formula is C18H25N3O2S. The van der Waals surface area contributed by atoms with E-state index in [9.17, 15) is 5.11 Å². The van der Waals surface area contributed by atoms with Gasteiger partial charge >= 0.3 is 0 Å². The molecule has 0 amide bonds. The first-order chi connectivity index (χ1) is 11.6. The number of aliphatic hydroxyl groups excluding tert-OH is 1. The highest BCUT2D eigenvalue weighted by Gasteiger charge is 2.28. The van der Waals surface area contributed by atoms with Crippen molar-refractivity contribution in [2.45, 2.75) is 38.8 Å². The summed E-state index contributed by atoms with van der Waals surface area (Å²) in [5, 5.41) is 11.5. The van der Waals surface area contributed by atoms with Crippen LogP contribution in [0.15, 0.2) is 30.3 Å². The van der Waals surface area contributed by atoms with Gasteiger partial charge in [-0.1, -0.05) is 44.2 Å². The molecule has 1 aliphatic rings. The van der Waals surface area contributed by atoms with E-state index in [4.69, 9.17) is 9.72 Å². The number of hydrogen-bond donors (Lipinski definition) is 1. The topological polar surface area (TPSA) is 58.5 Å². The molecule has 1 aromatic carbocycles. The lowest BCUT2D eigenvalue weighted by atomic mass is 10.0. The Morgan fingerprint density at radius 1 is 1.33 bits per heavy atom. The molecule has 2 heterocycles. The maximum absolute atomic E-state index is 10.5. The van der Waals surface area contributed by atoms with Crippen LogP contribution < -0.4 is 4.90 Å². The first-order valence-corrected chi connectivity index (χ1v) is 9.31. The van der Waals surface area contributed by atoms with Crippen LogP contribution in [0.2, 0.25) is 0 Å². The Morgan fingerprint density at radius 3 is 2.88 bits per heavy atom. The molecule has 130 valence electrons. The van der Waals surface area contributed by atoms with E-state index < -0.39 is 6.10 Å². The first kappa shape index (κ1) is 17.3. The number of anilines is 1. The van der Waals surface area contributed by atoms with Gasteiger partial charge in [-0.05, 0) is 11.5 Å². The Bertz CT molecular complexity index is 632. The largest absolute Gasteiger partial charge is 0.388 e. The van der Waals surface area contributed by atoms with Gasteiger partial charge in [-0.2, -0.15) is 4.37 Å². The number of aromatic nitrogens is 2. The molecule has 0 radical (unpaired) electrons. The molecule has 3 rings (SSSR count). The SMILES string of the molecule is CC(C)Cc1nsc(N2CCOCC2CC(O)c2ccccc2)n1. The van der Waals surface area contributed by atoms with Crippen molar-refractivity contribution in [3.05, 3.63) is 41.7 Å². The average Bonchev–Trinajstić information content (AvgIpc) is 3.03. The van der Waals surface area contributed by atoms with Gasteiger partial charge in [0.15, 0.2) is 0 Å². The number of ether oxygens (including phenoxy) is 1. The minimum Gasteiger partial charge on any atom is -0.388 e. The highest BCUT2D eigenvalue weighted by molar-refractivity contribution is 7.09. The molecule has 1 fully saturated rings. The Kier molecular flexibility index (Phi) is 5.81. The second kappa shape index (κ2) is 8.05. The van der Waals surface area contributed by atoms with Crippen molar-refractivity contribution >= 4 is 16.7 Å². The van der Waals surface area contributed by atoms with E-state index in [0.717, 1.165) is 29.5 Å². The summed E-state index contributed by atoms with van der Waals surface area (Å²) in [5.74, 6) is 1.46. The van der Waals surface area contributed by atoms with Crippen LogP contribution in [0.25, 0.3) is 0 Å². The van der Waals surface area contributed by atoms with Crippen LogP contribution in [-0.4, -0.2) is 40.3 Å². The molecule has 1 aliphatic heterocycles. The fraction of sp³-hybridized carbons (Fsp3) is 0.556. The molecule has 1 N–H and O–H groups in total. The standard InChI is InChI=1S/C18H25N3O2S/c1-13(2)10-17-19-18(24-20-17)21-8-9-23-12-15(21)11-16(22)14-6-4-3-5-7-14/h3-7,13,15-16,22H,8-12H2,1-2H3. The van der Waals surface area contributed by atoms with E-state index in [1.807, 2.05) is 30.3 Å². The Morgan fingerprint density at radius 2 is 2.12 bits per heavy atom. The second-order valence-electron chi connectivity index (χ2n) is 6.68. The molecule has 2 atom stereocenters. The molecule has 24 heavy (non-hydrogen) atoms. The quantitative estimate of drug-likeness (QED) is 0.870. The number of hydrogen-bond acceptors (Lipinski definition) is 6. The third-order valence-electron chi connectivity index (χ3n) is 4.20. The molecule has 0 saturated carbocycles. The third kappa shape index (κ3) is 4.32. The summed E-state index contributed by atoms with van der Waals surface area (Å²) >= 11 is 1.45. The van der Waals surface area contributed by atoms with Crippen molar-refractivity contribution in [1.29, 1.82) is 0 Å². The van der Waals surface area contributed by atoms with E-state index >= 15 is 0 Å². The summed E-state index contributed by atoms with van der Waals surface area (Å²) in [6.45, 7) is 6.45. The number of morpholine rings is 1. The second-order valence-corrected chi connectivity index (χ2v) is 7.41. The van der Waals surface area contributed by atoms with Crippen molar-refractivity contribution in [3.63, 3.8) is 0 Å². The summed E-state index contributed by atoms with van der Waals surface area (Å²) in [4.78, 5) is 6.95. The minimum absolute atomic E-state index is 0.119. The molecule has 6 heteroatoms. The molecule has 2 aromatic rings. The van der Waals surface area contributed by atoms with Crippen molar-refractivity contribution in [1.82, 2.24) is 9.36 Å². The highest BCUT2D eigenvalue weighted by atomic mass is 32.1. The molecule has 2 unspecified atom stereocenters. The first-order valence-electron chi connectivity index (χ1n) is 8.53. The normalized spacial score (nSPS) is 19.7. The van der Waals surface area contributed by atoms with E-state index in [-0.39, 0.29) is 6.04 Å². The number of rotatable bonds is 6. The van der Waals surface area contributed by atoms with Crippen LogP contribution in [0.5, 0.6) is 0 Å². The van der Waals surface area contributed by atoms with Crippen molar-refractivity contribution in [2.24, 2.45) is 5.92 Å². The van der Waals surface area contributed by atoms with Crippen molar-refractivity contribution < 1.29 is 9.84 Å². The fourth-order valence-corrected chi connectivity index (χ4v) is 3.77. The zero-order valence-electron chi connectivity index (χ0n) is 14.3. The number of aliphatic hydroxyl groups is 1. The lowest BCUT2D eigenvalue weighted by Crippen LogP contribution is -2.46. The van der Waals surface area contributed by atoms with Crippen molar-refractivity contribution in [2.75, 3.05) is 24.7 Å². The number of benzene rings is 1. The molecule has 0 spiro atoms. The van der Waals surface area contributed by atoms with Gasteiger partial charge in [-0.3, -0.25) is 0 Å². The third-order valence-corrected chi connectivity index (χ3v) is 4.99. The molecule has 1 saturated heterocycles. The maximum Gasteiger partial charge on any atom is 0.205 e. The molecule has 5 nitrogen and oxygen atoms in total. The molecular weight excluding hydrogens is 322 g/mol. The molecule has 1 aromatic heterocycles. The smallest absolute Gasteiger partial charge is 0.205 e. The lowest BCUT2D eigenvalue weighted by Gasteiger charge is -2.36. The van der Waals surface area contributed by atoms with Crippen LogP contribution in [0.3, 0.4) is 0 Å². The Balaban J connectivity index is 1.70. The van der Waals surface area contributed by atoms with E-state index in [0.29, 0.717) is 25.6 Å². The fourth-order valence-electron chi connectivity index (χ4n) is 2.98.